The number of carbonyl (C=O) groups excluding carboxylic acids is 1. The molecule has 0 atom stereocenters. The third-order valence-corrected chi connectivity index (χ3v) is 2.50. The maximum atomic E-state index is 10.9. The van der Waals surface area contributed by atoms with Crippen molar-refractivity contribution in [1.29, 1.82) is 0 Å². The molecule has 5 heteroatoms. The van der Waals surface area contributed by atoms with Crippen LogP contribution < -0.4 is 11.1 Å². The molecule has 1 aromatic rings. The molecule has 1 saturated heterocycles. The van der Waals surface area contributed by atoms with Crippen molar-refractivity contribution < 1.29 is 9.53 Å². The van der Waals surface area contributed by atoms with Gasteiger partial charge in [-0.3, -0.25) is 4.79 Å². The maximum Gasteiger partial charge on any atom is 0.268 e. The summed E-state index contributed by atoms with van der Waals surface area (Å²) < 4.78 is 5.26. The van der Waals surface area contributed by atoms with E-state index in [1.165, 1.54) is 0 Å². The predicted molar refractivity (Wildman–Crippen MR) is 59.1 cm³/mol. The lowest BCUT2D eigenvalue weighted by atomic mass is 10.1. The smallest absolute Gasteiger partial charge is 0.268 e. The van der Waals surface area contributed by atoms with Gasteiger partial charge < -0.3 is 15.8 Å². The number of rotatable bonds is 3. The van der Waals surface area contributed by atoms with Crippen molar-refractivity contribution in [2.45, 2.75) is 18.9 Å². The van der Waals surface area contributed by atoms with Crippen molar-refractivity contribution in [3.8, 4) is 0 Å². The zero-order chi connectivity index (χ0) is 11.4. The Labute approximate surface area is 94.0 Å². The highest BCUT2D eigenvalue weighted by Gasteiger charge is 2.14. The SMILES string of the molecule is NC(=O)c1[c]ccc(NC2CCOCC2)n1. The standard InChI is InChI=1S/C11H14N3O2/c12-11(15)9-2-1-3-10(14-9)13-8-4-6-16-7-5-8/h1,3,8H,4-7H2,(H2,12,15)(H,13,14). The van der Waals surface area contributed by atoms with Gasteiger partial charge in [-0.25, -0.2) is 4.98 Å². The second-order valence-corrected chi connectivity index (χ2v) is 3.72. The molecule has 2 heterocycles. The average Bonchev–Trinajstić information content (AvgIpc) is 2.30. The summed E-state index contributed by atoms with van der Waals surface area (Å²) in [6, 6.07) is 6.47. The number of aromatic nitrogens is 1. The minimum Gasteiger partial charge on any atom is -0.381 e. The predicted octanol–water partition coefficient (Wildman–Crippen LogP) is 0.572. The molecular weight excluding hydrogens is 206 g/mol. The number of carbonyl (C=O) groups is 1. The first-order valence-corrected chi connectivity index (χ1v) is 5.28. The number of nitrogens with one attached hydrogen (secondary N) is 1. The molecule has 16 heavy (non-hydrogen) atoms. The molecule has 3 N–H and O–H groups in total. The van der Waals surface area contributed by atoms with Gasteiger partial charge in [0.15, 0.2) is 0 Å². The molecule has 1 aliphatic heterocycles. The summed E-state index contributed by atoms with van der Waals surface area (Å²) in [5, 5.41) is 3.26. The van der Waals surface area contributed by atoms with Crippen molar-refractivity contribution in [2.75, 3.05) is 18.5 Å². The number of anilines is 1. The third kappa shape index (κ3) is 2.70. The van der Waals surface area contributed by atoms with Crippen LogP contribution in [0.3, 0.4) is 0 Å². The first-order valence-electron chi connectivity index (χ1n) is 5.28. The fourth-order valence-electron chi connectivity index (χ4n) is 1.65. The number of ether oxygens (including phenoxy) is 1. The Morgan fingerprint density at radius 1 is 1.56 bits per heavy atom. The number of hydrogen-bond donors (Lipinski definition) is 2. The topological polar surface area (TPSA) is 77.2 Å². The van der Waals surface area contributed by atoms with Crippen LogP contribution in [-0.2, 0) is 4.74 Å². The zero-order valence-corrected chi connectivity index (χ0v) is 8.90. The summed E-state index contributed by atoms with van der Waals surface area (Å²) in [5.74, 6) is 0.107. The van der Waals surface area contributed by atoms with Crippen molar-refractivity contribution in [2.24, 2.45) is 5.73 Å². The molecule has 2 rings (SSSR count). The molecule has 0 unspecified atom stereocenters. The first kappa shape index (κ1) is 10.9. The van der Waals surface area contributed by atoms with E-state index < -0.39 is 5.91 Å². The minimum atomic E-state index is -0.560. The highest BCUT2D eigenvalue weighted by atomic mass is 16.5. The summed E-state index contributed by atoms with van der Waals surface area (Å²) in [7, 11) is 0. The maximum absolute atomic E-state index is 10.9. The average molecular weight is 220 g/mol. The molecule has 1 radical (unpaired) electrons. The first-order chi connectivity index (χ1) is 7.75. The van der Waals surface area contributed by atoms with Gasteiger partial charge in [0.25, 0.3) is 5.91 Å². The van der Waals surface area contributed by atoms with Gasteiger partial charge in [-0.05, 0) is 25.0 Å². The normalized spacial score (nSPS) is 17.0. The van der Waals surface area contributed by atoms with E-state index >= 15 is 0 Å². The van der Waals surface area contributed by atoms with Crippen LogP contribution >= 0.6 is 0 Å². The van der Waals surface area contributed by atoms with Crippen LogP contribution in [0.15, 0.2) is 12.1 Å². The quantitative estimate of drug-likeness (QED) is 0.780. The van der Waals surface area contributed by atoms with Crippen molar-refractivity contribution >= 4 is 11.7 Å². The van der Waals surface area contributed by atoms with Gasteiger partial charge in [0.05, 0.1) is 0 Å². The lowest BCUT2D eigenvalue weighted by Gasteiger charge is -2.23. The Balaban J connectivity index is 2.02. The summed E-state index contributed by atoms with van der Waals surface area (Å²) in [5.41, 5.74) is 5.30. The Morgan fingerprint density at radius 3 is 3.00 bits per heavy atom. The number of pyridine rings is 1. The van der Waals surface area contributed by atoms with Gasteiger partial charge >= 0.3 is 0 Å². The van der Waals surface area contributed by atoms with Gasteiger partial charge in [0.2, 0.25) is 0 Å². The molecule has 85 valence electrons. The Kier molecular flexibility index (Phi) is 3.36. The van der Waals surface area contributed by atoms with E-state index in [4.69, 9.17) is 10.5 Å². The van der Waals surface area contributed by atoms with Crippen molar-refractivity contribution in [1.82, 2.24) is 4.98 Å². The Bertz CT molecular complexity index is 375. The minimum absolute atomic E-state index is 0.164. The number of amides is 1. The highest BCUT2D eigenvalue weighted by Crippen LogP contribution is 2.13. The number of nitrogens with two attached hydrogens (primary N) is 1. The lowest BCUT2D eigenvalue weighted by Crippen LogP contribution is -2.28. The molecule has 0 aromatic carbocycles. The largest absolute Gasteiger partial charge is 0.381 e. The van der Waals surface area contributed by atoms with Crippen molar-refractivity contribution in [3.63, 3.8) is 0 Å². The highest BCUT2D eigenvalue weighted by molar-refractivity contribution is 5.90. The molecule has 0 saturated carbocycles. The molecule has 1 aromatic heterocycles. The second kappa shape index (κ2) is 4.94. The molecule has 1 amide bonds. The van der Waals surface area contributed by atoms with Crippen LogP contribution in [-0.4, -0.2) is 30.1 Å². The fraction of sp³-hybridized carbons (Fsp3) is 0.455. The van der Waals surface area contributed by atoms with E-state index in [0.29, 0.717) is 11.9 Å². The number of hydrogen-bond acceptors (Lipinski definition) is 4. The van der Waals surface area contributed by atoms with E-state index in [9.17, 15) is 4.79 Å². The van der Waals surface area contributed by atoms with Gasteiger partial charge in [0, 0.05) is 25.3 Å². The van der Waals surface area contributed by atoms with E-state index in [2.05, 4.69) is 16.4 Å². The lowest BCUT2D eigenvalue weighted by molar-refractivity contribution is 0.0903. The van der Waals surface area contributed by atoms with Crippen LogP contribution in [0.25, 0.3) is 0 Å². The number of primary amides is 1. The fourth-order valence-corrected chi connectivity index (χ4v) is 1.65. The van der Waals surface area contributed by atoms with Crippen molar-refractivity contribution in [3.05, 3.63) is 23.9 Å². The van der Waals surface area contributed by atoms with Crippen LogP contribution in [0, 0.1) is 6.07 Å². The second-order valence-electron chi connectivity index (χ2n) is 3.72. The molecule has 1 aliphatic rings. The summed E-state index contributed by atoms with van der Waals surface area (Å²) in [6.07, 6.45) is 1.90. The van der Waals surface area contributed by atoms with E-state index in [1.807, 2.05) is 0 Å². The van der Waals surface area contributed by atoms with Gasteiger partial charge in [-0.2, -0.15) is 0 Å². The van der Waals surface area contributed by atoms with E-state index in [0.717, 1.165) is 26.1 Å². The summed E-state index contributed by atoms with van der Waals surface area (Å²) >= 11 is 0. The van der Waals surface area contributed by atoms with Gasteiger partial charge in [-0.15, -0.1) is 0 Å². The van der Waals surface area contributed by atoms with E-state index in [-0.39, 0.29) is 5.69 Å². The molecule has 5 nitrogen and oxygen atoms in total. The molecule has 0 spiro atoms. The number of nitrogens with zero attached hydrogens (tertiary/aromatic N) is 1. The monoisotopic (exact) mass is 220 g/mol. The molecule has 0 aliphatic carbocycles. The zero-order valence-electron chi connectivity index (χ0n) is 8.90. The van der Waals surface area contributed by atoms with E-state index in [1.54, 1.807) is 12.1 Å². The van der Waals surface area contributed by atoms with Crippen LogP contribution in [0.2, 0.25) is 0 Å². The Hall–Kier alpha value is -1.62. The van der Waals surface area contributed by atoms with Crippen LogP contribution in [0.1, 0.15) is 23.3 Å². The molecule has 0 bridgehead atoms. The van der Waals surface area contributed by atoms with Crippen LogP contribution in [0.4, 0.5) is 5.82 Å². The Morgan fingerprint density at radius 2 is 2.31 bits per heavy atom. The van der Waals surface area contributed by atoms with Crippen LogP contribution in [0.5, 0.6) is 0 Å². The van der Waals surface area contributed by atoms with Gasteiger partial charge in [0.1, 0.15) is 11.5 Å². The summed E-state index contributed by atoms with van der Waals surface area (Å²) in [6.45, 7) is 1.53. The van der Waals surface area contributed by atoms with Gasteiger partial charge in [-0.1, -0.05) is 0 Å². The molecule has 1 fully saturated rings. The third-order valence-electron chi connectivity index (χ3n) is 2.50. The summed E-state index contributed by atoms with van der Waals surface area (Å²) in [4.78, 5) is 15.0. The molecular formula is C11H14N3O2.